The smallest absolute Gasteiger partial charge is 0.222 e. The number of carbonyl (C=O) groups is 2. The lowest BCUT2D eigenvalue weighted by Gasteiger charge is -2.27. The first-order valence-corrected chi connectivity index (χ1v) is 11.7. The number of hydrogen-bond acceptors (Lipinski definition) is 4. The number of para-hydroxylation sites is 1. The Morgan fingerprint density at radius 3 is 2.55 bits per heavy atom. The van der Waals surface area contributed by atoms with E-state index in [1.165, 1.54) is 0 Å². The molecule has 2 aromatic carbocycles. The van der Waals surface area contributed by atoms with Gasteiger partial charge in [0, 0.05) is 54.8 Å². The molecule has 1 amide bonds. The number of ether oxygens (including phenoxy) is 1. The molecule has 4 rings (SSSR count). The largest absolute Gasteiger partial charge is 0.497 e. The fourth-order valence-electron chi connectivity index (χ4n) is 4.74. The van der Waals surface area contributed by atoms with E-state index in [2.05, 4.69) is 9.88 Å². The van der Waals surface area contributed by atoms with Crippen LogP contribution in [0.5, 0.6) is 5.75 Å². The van der Waals surface area contributed by atoms with Gasteiger partial charge in [-0.3, -0.25) is 14.5 Å². The van der Waals surface area contributed by atoms with E-state index in [0.717, 1.165) is 59.4 Å². The number of rotatable bonds is 7. The summed E-state index contributed by atoms with van der Waals surface area (Å²) in [6.07, 6.45) is 2.09. The Labute approximate surface area is 195 Å². The van der Waals surface area contributed by atoms with Crippen molar-refractivity contribution in [3.63, 3.8) is 0 Å². The second kappa shape index (κ2) is 10.2. The molecule has 3 aromatic rings. The number of Topliss-reactive ketones (excluding diaryl/α,β-unsaturated/α-hetero) is 1. The van der Waals surface area contributed by atoms with Crippen LogP contribution in [0, 0.1) is 6.92 Å². The van der Waals surface area contributed by atoms with Crippen LogP contribution in [0.2, 0.25) is 0 Å². The average Bonchev–Trinajstić information content (AvgIpc) is 3.00. The lowest BCUT2D eigenvalue weighted by molar-refractivity contribution is -0.131. The molecule has 1 N–H and O–H groups in total. The Hall–Kier alpha value is -3.12. The van der Waals surface area contributed by atoms with Crippen LogP contribution in [0.4, 0.5) is 0 Å². The number of H-pyrrole nitrogens is 1. The number of carbonyl (C=O) groups excluding carboxylic acids is 2. The number of fused-ring (bicyclic) bond motifs is 1. The number of aromatic nitrogens is 1. The van der Waals surface area contributed by atoms with E-state index >= 15 is 0 Å². The quantitative estimate of drug-likeness (QED) is 0.551. The Balaban J connectivity index is 1.35. The van der Waals surface area contributed by atoms with E-state index in [4.69, 9.17) is 4.74 Å². The minimum absolute atomic E-state index is 0.143. The van der Waals surface area contributed by atoms with Gasteiger partial charge in [-0.05, 0) is 50.5 Å². The number of amides is 1. The highest BCUT2D eigenvalue weighted by Gasteiger charge is 2.28. The van der Waals surface area contributed by atoms with E-state index in [9.17, 15) is 9.59 Å². The van der Waals surface area contributed by atoms with Gasteiger partial charge in [0.15, 0.2) is 5.78 Å². The number of benzene rings is 2. The monoisotopic (exact) mass is 447 g/mol. The SMILES string of the molecule is COc1ccc(CCC(=O)N2CCCN(C(C)C(=O)c3c(C)[nH]c4ccccc34)CC2)cc1. The molecule has 33 heavy (non-hydrogen) atoms. The molecule has 1 aliphatic rings. The number of ketones is 1. The molecule has 0 bridgehead atoms. The molecule has 1 atom stereocenters. The first-order chi connectivity index (χ1) is 16.0. The molecule has 6 nitrogen and oxygen atoms in total. The topological polar surface area (TPSA) is 65.6 Å². The van der Waals surface area contributed by atoms with E-state index < -0.39 is 0 Å². The molecular weight excluding hydrogens is 414 g/mol. The van der Waals surface area contributed by atoms with Crippen LogP contribution in [-0.4, -0.2) is 65.8 Å². The van der Waals surface area contributed by atoms with Gasteiger partial charge in [-0.15, -0.1) is 0 Å². The summed E-state index contributed by atoms with van der Waals surface area (Å²) in [6, 6.07) is 15.6. The highest BCUT2D eigenvalue weighted by atomic mass is 16.5. The Bertz CT molecular complexity index is 1120. The molecule has 0 radical (unpaired) electrons. The first kappa shape index (κ1) is 23.1. The molecule has 0 aliphatic carbocycles. The number of nitrogens with zero attached hydrogens (tertiary/aromatic N) is 2. The van der Waals surface area contributed by atoms with Crippen molar-refractivity contribution in [3.8, 4) is 5.75 Å². The van der Waals surface area contributed by atoms with E-state index in [1.807, 2.05) is 67.3 Å². The number of aromatic amines is 1. The van der Waals surface area contributed by atoms with Crippen LogP contribution < -0.4 is 4.74 Å². The maximum atomic E-state index is 13.4. The molecule has 0 saturated carbocycles. The molecule has 1 fully saturated rings. The van der Waals surface area contributed by atoms with Gasteiger partial charge in [0.25, 0.3) is 0 Å². The number of hydrogen-bond donors (Lipinski definition) is 1. The average molecular weight is 448 g/mol. The molecule has 1 saturated heterocycles. The van der Waals surface area contributed by atoms with Crippen molar-refractivity contribution >= 4 is 22.6 Å². The standard InChI is InChI=1S/C27H33N3O3/c1-19-26(23-7-4-5-8-24(23)28-19)27(32)20(2)29-15-6-16-30(18-17-29)25(31)14-11-21-9-12-22(33-3)13-10-21/h4-5,7-10,12-13,20,28H,6,11,14-18H2,1-3H3. The number of nitrogens with one attached hydrogen (secondary N) is 1. The Morgan fingerprint density at radius 1 is 1.03 bits per heavy atom. The van der Waals surface area contributed by atoms with Crippen molar-refractivity contribution in [2.24, 2.45) is 0 Å². The summed E-state index contributed by atoms with van der Waals surface area (Å²) in [6.45, 7) is 6.88. The second-order valence-electron chi connectivity index (χ2n) is 8.83. The van der Waals surface area contributed by atoms with Crippen molar-refractivity contribution in [2.75, 3.05) is 33.3 Å². The summed E-state index contributed by atoms with van der Waals surface area (Å²) in [5.74, 6) is 1.15. The third-order valence-corrected chi connectivity index (χ3v) is 6.74. The summed E-state index contributed by atoms with van der Waals surface area (Å²) in [5, 5.41) is 0.983. The predicted molar refractivity (Wildman–Crippen MR) is 131 cm³/mol. The predicted octanol–water partition coefficient (Wildman–Crippen LogP) is 4.22. The van der Waals surface area contributed by atoms with E-state index in [-0.39, 0.29) is 17.7 Å². The molecule has 0 spiro atoms. The summed E-state index contributed by atoms with van der Waals surface area (Å²) in [7, 11) is 1.65. The van der Waals surface area contributed by atoms with Crippen molar-refractivity contribution in [2.45, 2.75) is 39.2 Å². The van der Waals surface area contributed by atoms with Gasteiger partial charge in [-0.1, -0.05) is 30.3 Å². The molecule has 174 valence electrons. The zero-order valence-corrected chi connectivity index (χ0v) is 19.8. The van der Waals surface area contributed by atoms with Crippen LogP contribution in [0.25, 0.3) is 10.9 Å². The second-order valence-corrected chi connectivity index (χ2v) is 8.83. The summed E-state index contributed by atoms with van der Waals surface area (Å²) >= 11 is 0. The van der Waals surface area contributed by atoms with Gasteiger partial charge in [0.1, 0.15) is 5.75 Å². The zero-order chi connectivity index (χ0) is 23.4. The third-order valence-electron chi connectivity index (χ3n) is 6.74. The molecular formula is C27H33N3O3. The summed E-state index contributed by atoms with van der Waals surface area (Å²) in [5.41, 5.74) is 3.83. The van der Waals surface area contributed by atoms with Crippen molar-refractivity contribution in [1.82, 2.24) is 14.8 Å². The summed E-state index contributed by atoms with van der Waals surface area (Å²) in [4.78, 5) is 33.8. The van der Waals surface area contributed by atoms with Gasteiger partial charge in [-0.2, -0.15) is 0 Å². The minimum atomic E-state index is -0.225. The van der Waals surface area contributed by atoms with Crippen molar-refractivity contribution in [1.29, 1.82) is 0 Å². The van der Waals surface area contributed by atoms with Gasteiger partial charge in [-0.25, -0.2) is 0 Å². The maximum absolute atomic E-state index is 13.4. The van der Waals surface area contributed by atoms with Crippen LogP contribution in [-0.2, 0) is 11.2 Å². The van der Waals surface area contributed by atoms with Gasteiger partial charge in [0.05, 0.1) is 13.2 Å². The fourth-order valence-corrected chi connectivity index (χ4v) is 4.74. The van der Waals surface area contributed by atoms with E-state index in [0.29, 0.717) is 19.5 Å². The number of methoxy groups -OCH3 is 1. The highest BCUT2D eigenvalue weighted by molar-refractivity contribution is 6.11. The van der Waals surface area contributed by atoms with E-state index in [1.54, 1.807) is 7.11 Å². The first-order valence-electron chi connectivity index (χ1n) is 11.7. The lowest BCUT2D eigenvalue weighted by atomic mass is 10.0. The molecule has 1 aromatic heterocycles. The third kappa shape index (κ3) is 5.11. The zero-order valence-electron chi connectivity index (χ0n) is 19.8. The maximum Gasteiger partial charge on any atom is 0.222 e. The summed E-state index contributed by atoms with van der Waals surface area (Å²) < 4.78 is 5.20. The van der Waals surface area contributed by atoms with Gasteiger partial charge in [0.2, 0.25) is 5.91 Å². The Morgan fingerprint density at radius 2 is 1.79 bits per heavy atom. The Kier molecular flexibility index (Phi) is 7.14. The normalized spacial score (nSPS) is 15.9. The van der Waals surface area contributed by atoms with Crippen molar-refractivity contribution in [3.05, 3.63) is 65.4 Å². The van der Waals surface area contributed by atoms with Gasteiger partial charge >= 0.3 is 0 Å². The molecule has 6 heteroatoms. The van der Waals surface area contributed by atoms with Crippen LogP contribution >= 0.6 is 0 Å². The van der Waals surface area contributed by atoms with Crippen molar-refractivity contribution < 1.29 is 14.3 Å². The minimum Gasteiger partial charge on any atom is -0.497 e. The van der Waals surface area contributed by atoms with Crippen LogP contribution in [0.1, 0.15) is 41.4 Å². The molecule has 2 heterocycles. The van der Waals surface area contributed by atoms with Gasteiger partial charge < -0.3 is 14.6 Å². The molecule has 1 unspecified atom stereocenters. The molecule has 1 aliphatic heterocycles. The highest BCUT2D eigenvalue weighted by Crippen LogP contribution is 2.25. The number of aryl methyl sites for hydroxylation is 2. The lowest BCUT2D eigenvalue weighted by Crippen LogP contribution is -2.42. The van der Waals surface area contributed by atoms with Crippen LogP contribution in [0.3, 0.4) is 0 Å². The fraction of sp³-hybridized carbons (Fsp3) is 0.407. The van der Waals surface area contributed by atoms with Crippen LogP contribution in [0.15, 0.2) is 48.5 Å².